The van der Waals surface area contributed by atoms with E-state index in [0.29, 0.717) is 10.6 Å². The summed E-state index contributed by atoms with van der Waals surface area (Å²) in [6, 6.07) is 12.1. The second-order valence-corrected chi connectivity index (χ2v) is 5.26. The maximum atomic E-state index is 13.2. The average molecular weight is 308 g/mol. The highest BCUT2D eigenvalue weighted by atomic mass is 35.5. The standard InChI is InChI=1S/C17H19ClFNO/c1-2-8-20-11-13-4-3-5-16(9-13)21-12-14-10-15(19)6-7-17(14)18/h3-7,9-10,20H,2,8,11-12H2,1H3. The maximum absolute atomic E-state index is 13.2. The van der Waals surface area contributed by atoms with Crippen molar-refractivity contribution in [2.45, 2.75) is 26.5 Å². The summed E-state index contributed by atoms with van der Waals surface area (Å²) >= 11 is 6.02. The van der Waals surface area contributed by atoms with E-state index < -0.39 is 0 Å². The van der Waals surface area contributed by atoms with Gasteiger partial charge in [-0.15, -0.1) is 0 Å². The molecule has 2 aromatic rings. The van der Waals surface area contributed by atoms with E-state index in [1.54, 1.807) is 6.07 Å². The molecule has 0 aromatic heterocycles. The number of hydrogen-bond donors (Lipinski definition) is 1. The van der Waals surface area contributed by atoms with Crippen LogP contribution in [0.15, 0.2) is 42.5 Å². The van der Waals surface area contributed by atoms with Crippen molar-refractivity contribution in [2.24, 2.45) is 0 Å². The minimum absolute atomic E-state index is 0.252. The Bertz CT molecular complexity index is 589. The number of halogens is 2. The van der Waals surface area contributed by atoms with E-state index in [4.69, 9.17) is 16.3 Å². The van der Waals surface area contributed by atoms with Crippen LogP contribution in [0.5, 0.6) is 5.75 Å². The monoisotopic (exact) mass is 307 g/mol. The second kappa shape index (κ2) is 8.01. The summed E-state index contributed by atoms with van der Waals surface area (Å²) in [7, 11) is 0. The molecule has 21 heavy (non-hydrogen) atoms. The summed E-state index contributed by atoms with van der Waals surface area (Å²) in [5.74, 6) is 0.446. The van der Waals surface area contributed by atoms with E-state index in [0.717, 1.165) is 30.8 Å². The molecule has 0 heterocycles. The molecule has 0 spiro atoms. The Kier molecular flexibility index (Phi) is 6.03. The lowest BCUT2D eigenvalue weighted by Gasteiger charge is -2.10. The SMILES string of the molecule is CCCNCc1cccc(OCc2cc(F)ccc2Cl)c1. The Morgan fingerprint density at radius 2 is 2.05 bits per heavy atom. The third-order valence-corrected chi connectivity index (χ3v) is 3.43. The van der Waals surface area contributed by atoms with Gasteiger partial charge in [0, 0.05) is 17.1 Å². The molecule has 112 valence electrons. The number of benzene rings is 2. The van der Waals surface area contributed by atoms with Crippen molar-refractivity contribution in [3.05, 3.63) is 64.4 Å². The molecule has 2 aromatic carbocycles. The molecule has 0 aliphatic heterocycles. The molecule has 0 saturated heterocycles. The Morgan fingerprint density at radius 1 is 1.19 bits per heavy atom. The zero-order valence-electron chi connectivity index (χ0n) is 12.0. The van der Waals surface area contributed by atoms with Gasteiger partial charge < -0.3 is 10.1 Å². The summed E-state index contributed by atoms with van der Waals surface area (Å²) in [5.41, 5.74) is 1.80. The normalized spacial score (nSPS) is 10.6. The van der Waals surface area contributed by atoms with Crippen molar-refractivity contribution in [1.29, 1.82) is 0 Å². The largest absolute Gasteiger partial charge is 0.489 e. The van der Waals surface area contributed by atoms with E-state index in [1.165, 1.54) is 12.1 Å². The van der Waals surface area contributed by atoms with Gasteiger partial charge in [0.25, 0.3) is 0 Å². The van der Waals surface area contributed by atoms with Crippen LogP contribution in [0.2, 0.25) is 5.02 Å². The van der Waals surface area contributed by atoms with Gasteiger partial charge in [-0.2, -0.15) is 0 Å². The summed E-state index contributed by atoms with van der Waals surface area (Å²) < 4.78 is 18.9. The first-order chi connectivity index (χ1) is 10.2. The van der Waals surface area contributed by atoms with Gasteiger partial charge in [-0.25, -0.2) is 4.39 Å². The van der Waals surface area contributed by atoms with Crippen LogP contribution >= 0.6 is 11.6 Å². The number of ether oxygens (including phenoxy) is 1. The van der Waals surface area contributed by atoms with E-state index >= 15 is 0 Å². The van der Waals surface area contributed by atoms with Gasteiger partial charge in [-0.1, -0.05) is 30.7 Å². The predicted molar refractivity (Wildman–Crippen MR) is 84.2 cm³/mol. The van der Waals surface area contributed by atoms with Crippen LogP contribution in [0.4, 0.5) is 4.39 Å². The van der Waals surface area contributed by atoms with E-state index in [2.05, 4.69) is 12.2 Å². The minimum atomic E-state index is -0.310. The lowest BCUT2D eigenvalue weighted by atomic mass is 10.2. The highest BCUT2D eigenvalue weighted by molar-refractivity contribution is 6.31. The first-order valence-electron chi connectivity index (χ1n) is 7.05. The molecular weight excluding hydrogens is 289 g/mol. The molecule has 2 rings (SSSR count). The lowest BCUT2D eigenvalue weighted by molar-refractivity contribution is 0.305. The minimum Gasteiger partial charge on any atom is -0.489 e. The van der Waals surface area contributed by atoms with Gasteiger partial charge in [0.1, 0.15) is 18.2 Å². The topological polar surface area (TPSA) is 21.3 Å². The van der Waals surface area contributed by atoms with Gasteiger partial charge in [0.2, 0.25) is 0 Å². The van der Waals surface area contributed by atoms with E-state index in [1.807, 2.05) is 24.3 Å². The Morgan fingerprint density at radius 3 is 2.86 bits per heavy atom. The molecule has 0 radical (unpaired) electrons. The molecule has 2 nitrogen and oxygen atoms in total. The number of nitrogens with one attached hydrogen (secondary N) is 1. The summed E-state index contributed by atoms with van der Waals surface area (Å²) in [4.78, 5) is 0. The van der Waals surface area contributed by atoms with Crippen LogP contribution in [0.25, 0.3) is 0 Å². The zero-order valence-corrected chi connectivity index (χ0v) is 12.8. The molecule has 1 N–H and O–H groups in total. The molecule has 4 heteroatoms. The molecule has 0 saturated carbocycles. The highest BCUT2D eigenvalue weighted by Crippen LogP contribution is 2.20. The van der Waals surface area contributed by atoms with Crippen LogP contribution < -0.4 is 10.1 Å². The predicted octanol–water partition coefficient (Wildman–Crippen LogP) is 4.56. The summed E-state index contributed by atoms with van der Waals surface area (Å²) in [5, 5.41) is 3.85. The molecule has 0 amide bonds. The number of rotatable bonds is 7. The molecular formula is C17H19ClFNO. The van der Waals surface area contributed by atoms with Crippen molar-refractivity contribution in [3.8, 4) is 5.75 Å². The maximum Gasteiger partial charge on any atom is 0.123 e. The molecule has 0 aliphatic carbocycles. The summed E-state index contributed by atoms with van der Waals surface area (Å²) in [6.45, 7) is 4.19. The Labute approximate surface area is 129 Å². The van der Waals surface area contributed by atoms with Crippen LogP contribution in [-0.2, 0) is 13.2 Å². The Hall–Kier alpha value is -1.58. The van der Waals surface area contributed by atoms with Gasteiger partial charge in [0.15, 0.2) is 0 Å². The van der Waals surface area contributed by atoms with Crippen molar-refractivity contribution >= 4 is 11.6 Å². The molecule has 0 bridgehead atoms. The highest BCUT2D eigenvalue weighted by Gasteiger charge is 2.04. The van der Waals surface area contributed by atoms with Gasteiger partial charge in [-0.05, 0) is 48.9 Å². The smallest absolute Gasteiger partial charge is 0.123 e. The van der Waals surface area contributed by atoms with E-state index in [-0.39, 0.29) is 12.4 Å². The van der Waals surface area contributed by atoms with Crippen molar-refractivity contribution in [1.82, 2.24) is 5.32 Å². The molecule has 0 aliphatic rings. The third kappa shape index (κ3) is 5.03. The second-order valence-electron chi connectivity index (χ2n) is 4.85. The fourth-order valence-electron chi connectivity index (χ4n) is 1.97. The molecule has 0 unspecified atom stereocenters. The van der Waals surface area contributed by atoms with E-state index in [9.17, 15) is 4.39 Å². The average Bonchev–Trinajstić information content (AvgIpc) is 2.49. The van der Waals surface area contributed by atoms with Gasteiger partial charge >= 0.3 is 0 Å². The third-order valence-electron chi connectivity index (χ3n) is 3.06. The number of hydrogen-bond acceptors (Lipinski definition) is 2. The van der Waals surface area contributed by atoms with Gasteiger partial charge in [-0.3, -0.25) is 0 Å². The first kappa shape index (κ1) is 15.8. The Balaban J connectivity index is 1.96. The van der Waals surface area contributed by atoms with Crippen molar-refractivity contribution in [3.63, 3.8) is 0 Å². The van der Waals surface area contributed by atoms with Crippen LogP contribution in [0.3, 0.4) is 0 Å². The van der Waals surface area contributed by atoms with Gasteiger partial charge in [0.05, 0.1) is 0 Å². The molecule has 0 fully saturated rings. The zero-order chi connectivity index (χ0) is 15.1. The fourth-order valence-corrected chi connectivity index (χ4v) is 2.14. The van der Waals surface area contributed by atoms with Crippen LogP contribution in [0.1, 0.15) is 24.5 Å². The van der Waals surface area contributed by atoms with Crippen molar-refractivity contribution in [2.75, 3.05) is 6.54 Å². The fraction of sp³-hybridized carbons (Fsp3) is 0.294. The van der Waals surface area contributed by atoms with Crippen LogP contribution in [-0.4, -0.2) is 6.54 Å². The molecule has 0 atom stereocenters. The quantitative estimate of drug-likeness (QED) is 0.757. The first-order valence-corrected chi connectivity index (χ1v) is 7.43. The van der Waals surface area contributed by atoms with Crippen LogP contribution in [0, 0.1) is 5.82 Å². The van der Waals surface area contributed by atoms with Crippen molar-refractivity contribution < 1.29 is 9.13 Å². The lowest BCUT2D eigenvalue weighted by Crippen LogP contribution is -2.13. The summed E-state index contributed by atoms with van der Waals surface area (Å²) in [6.07, 6.45) is 1.11.